The van der Waals surface area contributed by atoms with E-state index in [9.17, 15) is 14.9 Å². The van der Waals surface area contributed by atoms with Crippen molar-refractivity contribution in [3.8, 4) is 6.07 Å². The maximum absolute atomic E-state index is 12.6. The highest BCUT2D eigenvalue weighted by Gasteiger charge is 2.23. The first-order valence-electron chi connectivity index (χ1n) is 11.3. The van der Waals surface area contributed by atoms with Gasteiger partial charge in [-0.3, -0.25) is 9.69 Å². The Morgan fingerprint density at radius 1 is 1.00 bits per heavy atom. The molecule has 8 heteroatoms. The minimum atomic E-state index is -0.0879. The number of para-hydroxylation sites is 1. The van der Waals surface area contributed by atoms with Crippen molar-refractivity contribution in [2.45, 2.75) is 38.5 Å². The fraction of sp³-hybridized carbons (Fsp3) is 0.458. The summed E-state index contributed by atoms with van der Waals surface area (Å²) >= 11 is 1.57. The van der Waals surface area contributed by atoms with Gasteiger partial charge in [0.05, 0.1) is 5.56 Å². The molecule has 1 aromatic heterocycles. The van der Waals surface area contributed by atoms with Gasteiger partial charge in [-0.15, -0.1) is 11.3 Å². The minimum absolute atomic E-state index is 0.0536. The normalized spacial score (nSPS) is 16.5. The molecule has 3 amide bonds. The number of carbonyl (C=O) groups is 2. The first kappa shape index (κ1) is 22.3. The monoisotopic (exact) mass is 451 g/mol. The van der Waals surface area contributed by atoms with Crippen molar-refractivity contribution < 1.29 is 9.59 Å². The van der Waals surface area contributed by atoms with Crippen LogP contribution in [0.5, 0.6) is 0 Å². The number of benzene rings is 1. The third kappa shape index (κ3) is 5.47. The Morgan fingerprint density at radius 2 is 1.75 bits per heavy atom. The van der Waals surface area contributed by atoms with Crippen LogP contribution >= 0.6 is 11.3 Å². The molecule has 2 aliphatic rings. The van der Waals surface area contributed by atoms with E-state index < -0.39 is 0 Å². The van der Waals surface area contributed by atoms with Gasteiger partial charge in [0.25, 0.3) is 0 Å². The fourth-order valence-corrected chi connectivity index (χ4v) is 5.55. The maximum atomic E-state index is 12.6. The van der Waals surface area contributed by atoms with E-state index in [-0.39, 0.29) is 11.9 Å². The molecule has 1 aliphatic heterocycles. The standard InChI is InChI=1S/C24H29N5O2S/c25-17-20-19-9-5-2-6-10-21(19)32-23(20)27-22(30)11-12-28-13-15-29(16-14-28)24(31)26-18-7-3-1-4-8-18/h1,3-4,7-8H,2,5-6,9-16H2,(H,26,31)(H,27,30). The Bertz CT molecular complexity index is 990. The van der Waals surface area contributed by atoms with Crippen molar-refractivity contribution >= 4 is 34.0 Å². The second kappa shape index (κ2) is 10.6. The number of amides is 3. The van der Waals surface area contributed by atoms with Gasteiger partial charge in [0, 0.05) is 49.7 Å². The number of aryl methyl sites for hydroxylation is 1. The number of urea groups is 1. The number of thiophene rings is 1. The topological polar surface area (TPSA) is 88.5 Å². The molecule has 0 atom stereocenters. The zero-order valence-electron chi connectivity index (χ0n) is 18.2. The van der Waals surface area contributed by atoms with Crippen LogP contribution in [0.1, 0.15) is 41.7 Å². The van der Waals surface area contributed by atoms with E-state index in [0.717, 1.165) is 50.0 Å². The third-order valence-corrected chi connectivity index (χ3v) is 7.33. The first-order valence-corrected chi connectivity index (χ1v) is 12.1. The molecule has 1 aromatic carbocycles. The molecule has 2 aromatic rings. The SMILES string of the molecule is N#Cc1c(NC(=O)CCN2CCN(C(=O)Nc3ccccc3)CC2)sc2c1CCCCC2. The summed E-state index contributed by atoms with van der Waals surface area (Å²) in [5, 5.41) is 16.2. The number of nitriles is 1. The second-order valence-electron chi connectivity index (χ2n) is 8.30. The molecule has 1 saturated heterocycles. The van der Waals surface area contributed by atoms with Crippen molar-refractivity contribution in [3.63, 3.8) is 0 Å². The van der Waals surface area contributed by atoms with E-state index in [0.29, 0.717) is 36.6 Å². The molecule has 4 rings (SSSR count). The number of hydrogen-bond donors (Lipinski definition) is 2. The summed E-state index contributed by atoms with van der Waals surface area (Å²) in [6.07, 6.45) is 5.79. The maximum Gasteiger partial charge on any atom is 0.321 e. The van der Waals surface area contributed by atoms with Crippen LogP contribution in [0.2, 0.25) is 0 Å². The fourth-order valence-electron chi connectivity index (χ4n) is 4.30. The van der Waals surface area contributed by atoms with Gasteiger partial charge in [-0.25, -0.2) is 4.79 Å². The van der Waals surface area contributed by atoms with Crippen molar-refractivity contribution in [2.75, 3.05) is 43.4 Å². The molecule has 0 saturated carbocycles. The highest BCUT2D eigenvalue weighted by Crippen LogP contribution is 2.37. The van der Waals surface area contributed by atoms with Gasteiger partial charge in [0.15, 0.2) is 0 Å². The largest absolute Gasteiger partial charge is 0.322 e. The lowest BCUT2D eigenvalue weighted by molar-refractivity contribution is -0.116. The number of rotatable bonds is 5. The Labute approximate surface area is 193 Å². The molecular weight excluding hydrogens is 422 g/mol. The zero-order chi connectivity index (χ0) is 22.3. The average Bonchev–Trinajstić information content (AvgIpc) is 2.97. The summed E-state index contributed by atoms with van der Waals surface area (Å²) in [5.74, 6) is -0.0536. The summed E-state index contributed by atoms with van der Waals surface area (Å²) in [7, 11) is 0. The predicted octanol–water partition coefficient (Wildman–Crippen LogP) is 4.07. The molecule has 168 valence electrons. The minimum Gasteiger partial charge on any atom is -0.322 e. The summed E-state index contributed by atoms with van der Waals surface area (Å²) in [6, 6.07) is 11.7. The quantitative estimate of drug-likeness (QED) is 0.671. The van der Waals surface area contributed by atoms with Crippen LogP contribution < -0.4 is 10.6 Å². The number of anilines is 2. The molecule has 2 N–H and O–H groups in total. The average molecular weight is 452 g/mol. The Morgan fingerprint density at radius 3 is 2.50 bits per heavy atom. The number of carbonyl (C=O) groups excluding carboxylic acids is 2. The lowest BCUT2D eigenvalue weighted by Gasteiger charge is -2.34. The van der Waals surface area contributed by atoms with Gasteiger partial charge in [-0.05, 0) is 43.4 Å². The number of hydrogen-bond acceptors (Lipinski definition) is 5. The summed E-state index contributed by atoms with van der Waals surface area (Å²) in [4.78, 5) is 30.3. The summed E-state index contributed by atoms with van der Waals surface area (Å²) in [6.45, 7) is 3.40. The van der Waals surface area contributed by atoms with E-state index in [1.54, 1.807) is 11.3 Å². The van der Waals surface area contributed by atoms with E-state index in [1.807, 2.05) is 35.2 Å². The van der Waals surface area contributed by atoms with Gasteiger partial charge in [0.1, 0.15) is 11.1 Å². The number of piperazine rings is 1. The van der Waals surface area contributed by atoms with Crippen LogP contribution in [0.25, 0.3) is 0 Å². The van der Waals surface area contributed by atoms with Gasteiger partial charge >= 0.3 is 6.03 Å². The Balaban J connectivity index is 1.23. The van der Waals surface area contributed by atoms with Crippen LogP contribution in [0.4, 0.5) is 15.5 Å². The highest BCUT2D eigenvalue weighted by molar-refractivity contribution is 7.16. The molecule has 2 heterocycles. The van der Waals surface area contributed by atoms with Gasteiger partial charge < -0.3 is 15.5 Å². The van der Waals surface area contributed by atoms with Gasteiger partial charge in [0.2, 0.25) is 5.91 Å². The predicted molar refractivity (Wildman–Crippen MR) is 127 cm³/mol. The van der Waals surface area contributed by atoms with Crippen LogP contribution in [0, 0.1) is 11.3 Å². The number of fused-ring (bicyclic) bond motifs is 1. The Kier molecular flexibility index (Phi) is 7.40. The van der Waals surface area contributed by atoms with Crippen LogP contribution in [-0.4, -0.2) is 54.5 Å². The number of nitrogens with zero attached hydrogens (tertiary/aromatic N) is 3. The molecule has 0 spiro atoms. The first-order chi connectivity index (χ1) is 15.6. The van der Waals surface area contributed by atoms with Crippen molar-refractivity contribution in [2.24, 2.45) is 0 Å². The van der Waals surface area contributed by atoms with E-state index in [2.05, 4.69) is 21.6 Å². The Hall–Kier alpha value is -2.89. The van der Waals surface area contributed by atoms with Gasteiger partial charge in [-0.2, -0.15) is 5.26 Å². The smallest absolute Gasteiger partial charge is 0.321 e. The van der Waals surface area contributed by atoms with Gasteiger partial charge in [-0.1, -0.05) is 24.6 Å². The van der Waals surface area contributed by atoms with Crippen LogP contribution in [0.3, 0.4) is 0 Å². The third-order valence-electron chi connectivity index (χ3n) is 6.13. The van der Waals surface area contributed by atoms with Crippen molar-refractivity contribution in [3.05, 3.63) is 46.3 Å². The van der Waals surface area contributed by atoms with E-state index in [4.69, 9.17) is 0 Å². The zero-order valence-corrected chi connectivity index (χ0v) is 19.0. The highest BCUT2D eigenvalue weighted by atomic mass is 32.1. The molecule has 0 radical (unpaired) electrons. The molecule has 0 unspecified atom stereocenters. The molecule has 1 fully saturated rings. The second-order valence-corrected chi connectivity index (χ2v) is 9.41. The van der Waals surface area contributed by atoms with Crippen molar-refractivity contribution in [1.29, 1.82) is 5.26 Å². The molecular formula is C24H29N5O2S. The summed E-state index contributed by atoms with van der Waals surface area (Å²) < 4.78 is 0. The lowest BCUT2D eigenvalue weighted by Crippen LogP contribution is -2.50. The van der Waals surface area contributed by atoms with Crippen molar-refractivity contribution in [1.82, 2.24) is 9.80 Å². The van der Waals surface area contributed by atoms with E-state index in [1.165, 1.54) is 11.3 Å². The van der Waals surface area contributed by atoms with Crippen LogP contribution in [-0.2, 0) is 17.6 Å². The molecule has 7 nitrogen and oxygen atoms in total. The number of nitrogens with one attached hydrogen (secondary N) is 2. The summed E-state index contributed by atoms with van der Waals surface area (Å²) in [5.41, 5.74) is 2.60. The molecule has 32 heavy (non-hydrogen) atoms. The van der Waals surface area contributed by atoms with E-state index >= 15 is 0 Å². The molecule has 1 aliphatic carbocycles. The lowest BCUT2D eigenvalue weighted by atomic mass is 10.1. The molecule has 0 bridgehead atoms. The van der Waals surface area contributed by atoms with Crippen LogP contribution in [0.15, 0.2) is 30.3 Å².